The van der Waals surface area contributed by atoms with Gasteiger partial charge in [-0.2, -0.15) is 0 Å². The minimum atomic E-state index is -0.268. The van der Waals surface area contributed by atoms with Gasteiger partial charge in [0.1, 0.15) is 0 Å². The number of fused-ring (bicyclic) bond motifs is 1. The van der Waals surface area contributed by atoms with Crippen LogP contribution >= 0.6 is 11.6 Å². The van der Waals surface area contributed by atoms with Crippen LogP contribution < -0.4 is 5.32 Å². The fourth-order valence-corrected chi connectivity index (χ4v) is 5.77. The van der Waals surface area contributed by atoms with E-state index in [2.05, 4.69) is 15.2 Å². The molecule has 2 aromatic heterocycles. The lowest BCUT2D eigenvalue weighted by atomic mass is 10.1. The van der Waals surface area contributed by atoms with Gasteiger partial charge in [0.25, 0.3) is 5.91 Å². The van der Waals surface area contributed by atoms with Crippen molar-refractivity contribution in [2.45, 2.75) is 44.8 Å². The summed E-state index contributed by atoms with van der Waals surface area (Å²) in [5.74, 6) is 0.155. The second kappa shape index (κ2) is 12.3. The van der Waals surface area contributed by atoms with Crippen LogP contribution in [0.15, 0.2) is 48.7 Å². The number of nitrogens with one attached hydrogen (secondary N) is 1. The molecular formula is C29H35ClN6O3. The first kappa shape index (κ1) is 27.3. The summed E-state index contributed by atoms with van der Waals surface area (Å²) in [7, 11) is 1.75. The highest BCUT2D eigenvalue weighted by molar-refractivity contribution is 6.35. The fourth-order valence-electron chi connectivity index (χ4n) is 5.50. The van der Waals surface area contributed by atoms with Crippen molar-refractivity contribution in [1.29, 1.82) is 0 Å². The van der Waals surface area contributed by atoms with Gasteiger partial charge in [0.05, 0.1) is 28.2 Å². The third kappa shape index (κ3) is 6.32. The van der Waals surface area contributed by atoms with Crippen LogP contribution in [0.1, 0.15) is 47.8 Å². The number of imidazole rings is 1. The van der Waals surface area contributed by atoms with Crippen LogP contribution in [-0.2, 0) is 9.53 Å². The van der Waals surface area contributed by atoms with Crippen molar-refractivity contribution in [3.63, 3.8) is 0 Å². The maximum Gasteiger partial charge on any atom is 0.258 e. The number of carbonyl (C=O) groups is 2. The van der Waals surface area contributed by atoms with Gasteiger partial charge in [0.2, 0.25) is 11.9 Å². The van der Waals surface area contributed by atoms with E-state index in [9.17, 15) is 9.59 Å². The Hall–Kier alpha value is -3.27. The van der Waals surface area contributed by atoms with Gasteiger partial charge in [-0.25, -0.2) is 4.98 Å². The molecule has 0 bridgehead atoms. The molecule has 206 valence electrons. The predicted molar refractivity (Wildman–Crippen MR) is 152 cm³/mol. The average molecular weight is 551 g/mol. The quantitative estimate of drug-likeness (QED) is 0.436. The van der Waals surface area contributed by atoms with E-state index in [0.29, 0.717) is 35.1 Å². The normalized spacial score (nSPS) is 20.5. The number of rotatable bonds is 7. The first-order chi connectivity index (χ1) is 18.9. The number of benzene rings is 1. The number of methoxy groups -OCH3 is 1. The first-order valence-corrected chi connectivity index (χ1v) is 13.9. The van der Waals surface area contributed by atoms with E-state index in [1.165, 1.54) is 0 Å². The number of halogens is 1. The molecule has 0 aliphatic carbocycles. The predicted octanol–water partition coefficient (Wildman–Crippen LogP) is 4.48. The van der Waals surface area contributed by atoms with Crippen molar-refractivity contribution in [1.82, 2.24) is 24.3 Å². The monoisotopic (exact) mass is 550 g/mol. The topological polar surface area (TPSA) is 92.6 Å². The number of hydrogen-bond acceptors (Lipinski definition) is 6. The van der Waals surface area contributed by atoms with Crippen LogP contribution in [0.25, 0.3) is 11.0 Å². The van der Waals surface area contributed by atoms with Gasteiger partial charge in [-0.05, 0) is 56.9 Å². The third-order valence-corrected chi connectivity index (χ3v) is 7.86. The highest BCUT2D eigenvalue weighted by Crippen LogP contribution is 2.34. The Balaban J connectivity index is 1.37. The number of para-hydroxylation sites is 1. The van der Waals surface area contributed by atoms with Crippen molar-refractivity contribution >= 4 is 40.4 Å². The Morgan fingerprint density at radius 2 is 2.05 bits per heavy atom. The molecule has 2 atom stereocenters. The summed E-state index contributed by atoms with van der Waals surface area (Å²) in [5, 5.41) is 3.56. The number of pyridine rings is 1. The molecule has 0 radical (unpaired) electrons. The van der Waals surface area contributed by atoms with Gasteiger partial charge >= 0.3 is 0 Å². The smallest absolute Gasteiger partial charge is 0.258 e. The minimum Gasteiger partial charge on any atom is -0.380 e. The molecule has 39 heavy (non-hydrogen) atoms. The Kier molecular flexibility index (Phi) is 8.60. The lowest BCUT2D eigenvalue weighted by Crippen LogP contribution is -2.35. The van der Waals surface area contributed by atoms with Crippen molar-refractivity contribution in [3.05, 3.63) is 65.0 Å². The summed E-state index contributed by atoms with van der Waals surface area (Å²) >= 11 is 6.67. The second-order valence-corrected chi connectivity index (χ2v) is 10.7. The maximum absolute atomic E-state index is 13.2. The van der Waals surface area contributed by atoms with E-state index in [0.717, 1.165) is 56.5 Å². The first-order valence-electron chi connectivity index (χ1n) is 13.5. The van der Waals surface area contributed by atoms with E-state index >= 15 is 0 Å². The van der Waals surface area contributed by atoms with Gasteiger partial charge in [0, 0.05) is 63.4 Å². The Bertz CT molecular complexity index is 1370. The molecule has 9 nitrogen and oxygen atoms in total. The Labute approximate surface area is 233 Å². The second-order valence-electron chi connectivity index (χ2n) is 10.3. The number of nitrogens with zero attached hydrogens (tertiary/aromatic N) is 5. The average Bonchev–Trinajstić information content (AvgIpc) is 3.45. The van der Waals surface area contributed by atoms with Crippen LogP contribution in [0.3, 0.4) is 0 Å². The molecule has 2 aliphatic heterocycles. The van der Waals surface area contributed by atoms with Crippen LogP contribution in [0.2, 0.25) is 5.02 Å². The van der Waals surface area contributed by atoms with E-state index in [1.807, 2.05) is 40.7 Å². The van der Waals surface area contributed by atoms with E-state index in [1.54, 1.807) is 31.5 Å². The van der Waals surface area contributed by atoms with Gasteiger partial charge in [-0.1, -0.05) is 23.7 Å². The summed E-state index contributed by atoms with van der Waals surface area (Å²) < 4.78 is 7.45. The molecule has 2 aliphatic rings. The summed E-state index contributed by atoms with van der Waals surface area (Å²) in [6.07, 6.45) is 9.26. The maximum atomic E-state index is 13.2. The highest BCUT2D eigenvalue weighted by Gasteiger charge is 2.28. The molecule has 0 spiro atoms. The van der Waals surface area contributed by atoms with Crippen molar-refractivity contribution in [2.24, 2.45) is 0 Å². The van der Waals surface area contributed by atoms with E-state index in [4.69, 9.17) is 21.3 Å². The zero-order valence-electron chi connectivity index (χ0n) is 22.5. The number of carbonyl (C=O) groups excluding carboxylic acids is 2. The number of anilines is 1. The molecule has 5 rings (SSSR count). The number of aromatic nitrogens is 3. The molecule has 1 aromatic carbocycles. The van der Waals surface area contributed by atoms with Gasteiger partial charge < -0.3 is 14.2 Å². The van der Waals surface area contributed by atoms with Gasteiger partial charge in [0.15, 0.2) is 0 Å². The number of amides is 2. The number of hydrogen-bond donors (Lipinski definition) is 1. The summed E-state index contributed by atoms with van der Waals surface area (Å²) in [6, 6.07) is 8.89. The van der Waals surface area contributed by atoms with E-state index < -0.39 is 0 Å². The Morgan fingerprint density at radius 3 is 2.85 bits per heavy atom. The molecule has 2 saturated heterocycles. The number of likely N-dealkylation sites (tertiary alicyclic amines) is 2. The number of aryl methyl sites for hydroxylation is 1. The molecule has 0 unspecified atom stereocenters. The summed E-state index contributed by atoms with van der Waals surface area (Å²) in [4.78, 5) is 39.5. The summed E-state index contributed by atoms with van der Waals surface area (Å²) in [5.41, 5.74) is 2.72. The van der Waals surface area contributed by atoms with E-state index in [-0.39, 0.29) is 24.0 Å². The largest absolute Gasteiger partial charge is 0.380 e. The lowest BCUT2D eigenvalue weighted by Gasteiger charge is -2.26. The molecule has 2 amide bonds. The van der Waals surface area contributed by atoms with Gasteiger partial charge in [-0.15, -0.1) is 0 Å². The standard InChI is InChI=1S/C29H35ClN6O3/c1-20-17-21(11-13-31-20)28(38)33-29-32-25-9-5-8-24(30)27(25)36(29)22-7-3-4-15-35(18-22)26(37)10-6-14-34-16-12-23(19-34)39-2/h5-6,8-11,13,17,22-23H,3-4,7,12,14-16,18-19H2,1-2H3,(H,32,33,38)/t22-,23+/m1/s1. The minimum absolute atomic E-state index is 0.00208. The number of ether oxygens (including phenoxy) is 1. The molecule has 10 heteroatoms. The SMILES string of the molecule is CO[C@H]1CCN(CC=CC(=O)N2CCCC[C@@H](n3c(NC(=O)c4ccnc(C)c4)nc4cccc(Cl)c43)C2)C1. The molecule has 3 aromatic rings. The van der Waals surface area contributed by atoms with Crippen LogP contribution in [0.4, 0.5) is 5.95 Å². The van der Waals surface area contributed by atoms with Crippen LogP contribution in [0, 0.1) is 6.92 Å². The highest BCUT2D eigenvalue weighted by atomic mass is 35.5. The lowest BCUT2D eigenvalue weighted by molar-refractivity contribution is -0.126. The van der Waals surface area contributed by atoms with Crippen molar-refractivity contribution < 1.29 is 14.3 Å². The molecule has 0 saturated carbocycles. The Morgan fingerprint density at radius 1 is 1.18 bits per heavy atom. The molecular weight excluding hydrogens is 516 g/mol. The molecule has 2 fully saturated rings. The fraction of sp³-hybridized carbons (Fsp3) is 0.448. The zero-order valence-corrected chi connectivity index (χ0v) is 23.2. The van der Waals surface area contributed by atoms with Crippen LogP contribution in [0.5, 0.6) is 0 Å². The molecule has 1 N–H and O–H groups in total. The van der Waals surface area contributed by atoms with Crippen molar-refractivity contribution in [2.75, 3.05) is 45.2 Å². The van der Waals surface area contributed by atoms with Gasteiger partial charge in [-0.3, -0.25) is 24.8 Å². The zero-order chi connectivity index (χ0) is 27.4. The van der Waals surface area contributed by atoms with Crippen molar-refractivity contribution in [3.8, 4) is 0 Å². The summed E-state index contributed by atoms with van der Waals surface area (Å²) in [6.45, 7) is 5.64. The molecule has 4 heterocycles. The van der Waals surface area contributed by atoms with Crippen LogP contribution in [-0.4, -0.2) is 82.1 Å². The third-order valence-electron chi connectivity index (χ3n) is 7.55.